The summed E-state index contributed by atoms with van der Waals surface area (Å²) >= 11 is 0. The number of anilines is 1. The molecule has 0 bridgehead atoms. The SMILES string of the molecule is Cl.NCCC(=O)Nc1cccc(C(=O)N2CCOCC2)c1. The summed E-state index contributed by atoms with van der Waals surface area (Å²) in [6.45, 7) is 2.64. The van der Waals surface area contributed by atoms with Gasteiger partial charge in [0, 0.05) is 37.3 Å². The second kappa shape index (κ2) is 8.61. The van der Waals surface area contributed by atoms with Crippen LogP contribution >= 0.6 is 12.4 Å². The number of hydrogen-bond acceptors (Lipinski definition) is 4. The first-order chi connectivity index (χ1) is 9.70. The van der Waals surface area contributed by atoms with Crippen LogP contribution < -0.4 is 11.1 Å². The molecule has 3 N–H and O–H groups in total. The van der Waals surface area contributed by atoms with E-state index in [1.165, 1.54) is 0 Å². The molecule has 1 aromatic carbocycles. The molecule has 1 aliphatic heterocycles. The van der Waals surface area contributed by atoms with E-state index in [2.05, 4.69) is 5.32 Å². The summed E-state index contributed by atoms with van der Waals surface area (Å²) in [5.41, 5.74) is 6.51. The third-order valence-corrected chi connectivity index (χ3v) is 3.06. The number of hydrogen-bond donors (Lipinski definition) is 2. The van der Waals surface area contributed by atoms with E-state index in [0.29, 0.717) is 44.1 Å². The summed E-state index contributed by atoms with van der Waals surface area (Å²) in [6, 6.07) is 6.94. The van der Waals surface area contributed by atoms with Crippen molar-refractivity contribution >= 4 is 29.9 Å². The van der Waals surface area contributed by atoms with Gasteiger partial charge in [-0.3, -0.25) is 9.59 Å². The lowest BCUT2D eigenvalue weighted by Crippen LogP contribution is -2.40. The van der Waals surface area contributed by atoms with Crippen LogP contribution in [0.15, 0.2) is 24.3 Å². The van der Waals surface area contributed by atoms with Gasteiger partial charge >= 0.3 is 0 Å². The van der Waals surface area contributed by atoms with E-state index in [9.17, 15) is 9.59 Å². The normalized spacial score (nSPS) is 14.2. The van der Waals surface area contributed by atoms with Crippen molar-refractivity contribution in [2.75, 3.05) is 38.2 Å². The van der Waals surface area contributed by atoms with Crippen LogP contribution in [0.3, 0.4) is 0 Å². The van der Waals surface area contributed by atoms with E-state index in [-0.39, 0.29) is 30.6 Å². The average molecular weight is 314 g/mol. The molecule has 0 aliphatic carbocycles. The minimum atomic E-state index is -0.150. The van der Waals surface area contributed by atoms with Crippen molar-refractivity contribution in [1.29, 1.82) is 0 Å². The van der Waals surface area contributed by atoms with Crippen LogP contribution in [0.4, 0.5) is 5.69 Å². The summed E-state index contributed by atoms with van der Waals surface area (Å²) < 4.78 is 5.23. The first kappa shape index (κ1) is 17.4. The molecule has 0 spiro atoms. The molecule has 116 valence electrons. The first-order valence-electron chi connectivity index (χ1n) is 6.67. The summed E-state index contributed by atoms with van der Waals surface area (Å²) in [5, 5.41) is 2.73. The largest absolute Gasteiger partial charge is 0.378 e. The van der Waals surface area contributed by atoms with Gasteiger partial charge in [-0.25, -0.2) is 0 Å². The number of nitrogens with one attached hydrogen (secondary N) is 1. The highest BCUT2D eigenvalue weighted by Gasteiger charge is 2.18. The lowest BCUT2D eigenvalue weighted by molar-refractivity contribution is -0.116. The molecule has 1 heterocycles. The van der Waals surface area contributed by atoms with E-state index in [0.717, 1.165) is 0 Å². The van der Waals surface area contributed by atoms with Crippen LogP contribution in [0, 0.1) is 0 Å². The topological polar surface area (TPSA) is 84.7 Å². The molecule has 0 saturated carbocycles. The molecule has 21 heavy (non-hydrogen) atoms. The molecule has 0 aromatic heterocycles. The highest BCUT2D eigenvalue weighted by molar-refractivity contribution is 5.97. The van der Waals surface area contributed by atoms with Gasteiger partial charge in [-0.1, -0.05) is 6.07 Å². The van der Waals surface area contributed by atoms with Gasteiger partial charge in [0.1, 0.15) is 0 Å². The first-order valence-corrected chi connectivity index (χ1v) is 6.67. The standard InChI is InChI=1S/C14H19N3O3.ClH/c15-5-4-13(18)16-12-3-1-2-11(10-12)14(19)17-6-8-20-9-7-17;/h1-3,10H,4-9,15H2,(H,16,18);1H. The Morgan fingerprint density at radius 3 is 2.67 bits per heavy atom. The second-order valence-corrected chi connectivity index (χ2v) is 4.57. The summed E-state index contributed by atoms with van der Waals surface area (Å²) in [7, 11) is 0. The number of morpholine rings is 1. The molecule has 1 fully saturated rings. The molecule has 6 nitrogen and oxygen atoms in total. The van der Waals surface area contributed by atoms with E-state index in [1.54, 1.807) is 29.2 Å². The van der Waals surface area contributed by atoms with E-state index in [1.807, 2.05) is 0 Å². The van der Waals surface area contributed by atoms with E-state index < -0.39 is 0 Å². The number of rotatable bonds is 4. The smallest absolute Gasteiger partial charge is 0.254 e. The summed E-state index contributed by atoms with van der Waals surface area (Å²) in [4.78, 5) is 25.5. The monoisotopic (exact) mass is 313 g/mol. The highest BCUT2D eigenvalue weighted by Crippen LogP contribution is 2.14. The Labute approximate surface area is 130 Å². The maximum atomic E-state index is 12.3. The molecule has 7 heteroatoms. The van der Waals surface area contributed by atoms with Crippen molar-refractivity contribution in [3.63, 3.8) is 0 Å². The molecular weight excluding hydrogens is 294 g/mol. The van der Waals surface area contributed by atoms with Gasteiger partial charge in [-0.15, -0.1) is 12.4 Å². The lowest BCUT2D eigenvalue weighted by Gasteiger charge is -2.27. The zero-order valence-corrected chi connectivity index (χ0v) is 12.5. The fourth-order valence-electron chi connectivity index (χ4n) is 2.03. The molecule has 2 amide bonds. The van der Waals surface area contributed by atoms with Crippen LogP contribution in [0.5, 0.6) is 0 Å². The van der Waals surface area contributed by atoms with Crippen LogP contribution in [-0.4, -0.2) is 49.6 Å². The fraction of sp³-hybridized carbons (Fsp3) is 0.429. The van der Waals surface area contributed by atoms with Crippen LogP contribution in [0.25, 0.3) is 0 Å². The average Bonchev–Trinajstić information content (AvgIpc) is 2.48. The number of nitrogens with zero attached hydrogens (tertiary/aromatic N) is 1. The quantitative estimate of drug-likeness (QED) is 0.863. The third-order valence-electron chi connectivity index (χ3n) is 3.06. The van der Waals surface area contributed by atoms with Crippen molar-refractivity contribution in [3.05, 3.63) is 29.8 Å². The summed E-state index contributed by atoms with van der Waals surface area (Å²) in [5.74, 6) is -0.188. The minimum Gasteiger partial charge on any atom is -0.378 e. The maximum absolute atomic E-state index is 12.3. The molecule has 1 aliphatic rings. The Hall–Kier alpha value is -1.63. The van der Waals surface area contributed by atoms with E-state index in [4.69, 9.17) is 10.5 Å². The predicted octanol–water partition coefficient (Wildman–Crippen LogP) is 0.868. The number of ether oxygens (including phenoxy) is 1. The Balaban J connectivity index is 0.00000220. The molecule has 1 aromatic rings. The van der Waals surface area contributed by atoms with Crippen LogP contribution in [0.1, 0.15) is 16.8 Å². The maximum Gasteiger partial charge on any atom is 0.254 e. The molecule has 2 rings (SSSR count). The number of halogens is 1. The Bertz CT molecular complexity index is 490. The van der Waals surface area contributed by atoms with E-state index >= 15 is 0 Å². The number of nitrogens with two attached hydrogens (primary N) is 1. The van der Waals surface area contributed by atoms with Crippen molar-refractivity contribution in [3.8, 4) is 0 Å². The zero-order chi connectivity index (χ0) is 14.4. The van der Waals surface area contributed by atoms with Gasteiger partial charge in [0.05, 0.1) is 13.2 Å². The molecule has 0 radical (unpaired) electrons. The van der Waals surface area contributed by atoms with Crippen LogP contribution in [-0.2, 0) is 9.53 Å². The lowest BCUT2D eigenvalue weighted by atomic mass is 10.1. The number of amides is 2. The van der Waals surface area contributed by atoms with Gasteiger partial charge in [-0.2, -0.15) is 0 Å². The Morgan fingerprint density at radius 1 is 1.29 bits per heavy atom. The Kier molecular flexibility index (Phi) is 7.14. The van der Waals surface area contributed by atoms with Gasteiger partial charge < -0.3 is 20.7 Å². The zero-order valence-electron chi connectivity index (χ0n) is 11.7. The van der Waals surface area contributed by atoms with Crippen LogP contribution in [0.2, 0.25) is 0 Å². The highest BCUT2D eigenvalue weighted by atomic mass is 35.5. The van der Waals surface area contributed by atoms with Crippen molar-refractivity contribution in [2.24, 2.45) is 5.73 Å². The molecule has 0 atom stereocenters. The predicted molar refractivity (Wildman–Crippen MR) is 82.7 cm³/mol. The number of benzene rings is 1. The van der Waals surface area contributed by atoms with Gasteiger partial charge in [0.25, 0.3) is 5.91 Å². The molecule has 0 unspecified atom stereocenters. The third kappa shape index (κ3) is 5.00. The molecule has 1 saturated heterocycles. The second-order valence-electron chi connectivity index (χ2n) is 4.57. The van der Waals surface area contributed by atoms with Gasteiger partial charge in [0.2, 0.25) is 5.91 Å². The Morgan fingerprint density at radius 2 is 2.00 bits per heavy atom. The number of carbonyl (C=O) groups excluding carboxylic acids is 2. The molecular formula is C14H20ClN3O3. The van der Waals surface area contributed by atoms with Crippen molar-refractivity contribution in [2.45, 2.75) is 6.42 Å². The van der Waals surface area contributed by atoms with Crippen molar-refractivity contribution in [1.82, 2.24) is 4.90 Å². The van der Waals surface area contributed by atoms with Gasteiger partial charge in [0.15, 0.2) is 0 Å². The number of carbonyl (C=O) groups is 2. The minimum absolute atomic E-state index is 0. The van der Waals surface area contributed by atoms with Crippen molar-refractivity contribution < 1.29 is 14.3 Å². The summed E-state index contributed by atoms with van der Waals surface area (Å²) in [6.07, 6.45) is 0.266. The van der Waals surface area contributed by atoms with Gasteiger partial charge in [-0.05, 0) is 18.2 Å². The fourth-order valence-corrected chi connectivity index (χ4v) is 2.03.